The van der Waals surface area contributed by atoms with Crippen molar-refractivity contribution in [2.24, 2.45) is 0 Å². The maximum Gasteiger partial charge on any atom is 0.237 e. The van der Waals surface area contributed by atoms with Gasteiger partial charge in [0.25, 0.3) is 0 Å². The summed E-state index contributed by atoms with van der Waals surface area (Å²) in [5.41, 5.74) is -0.589. The van der Waals surface area contributed by atoms with Gasteiger partial charge in [-0.25, -0.2) is 0 Å². The summed E-state index contributed by atoms with van der Waals surface area (Å²) >= 11 is 0. The predicted molar refractivity (Wildman–Crippen MR) is 84.2 cm³/mol. The van der Waals surface area contributed by atoms with Crippen LogP contribution in [0.15, 0.2) is 0 Å². The van der Waals surface area contributed by atoms with E-state index in [0.29, 0.717) is 13.1 Å². The highest BCUT2D eigenvalue weighted by Crippen LogP contribution is 2.32. The molecule has 0 bridgehead atoms. The number of nitrogens with zero attached hydrogens (tertiary/aromatic N) is 4. The van der Waals surface area contributed by atoms with Gasteiger partial charge in [0.05, 0.1) is 19.2 Å². The monoisotopic (exact) mass is 308 g/mol. The summed E-state index contributed by atoms with van der Waals surface area (Å²) in [6.45, 7) is 4.76. The van der Waals surface area contributed by atoms with Crippen molar-refractivity contribution < 1.29 is 9.90 Å². The van der Waals surface area contributed by atoms with E-state index in [1.165, 1.54) is 0 Å². The molecule has 6 nitrogen and oxygen atoms in total. The van der Waals surface area contributed by atoms with Crippen molar-refractivity contribution in [3.05, 3.63) is 0 Å². The fourth-order valence-electron chi connectivity index (χ4n) is 3.51. The SMILES string of the molecule is CN(C(=O)CN1CCN(CCO)CC1)C1(C#N)CCCCC1. The largest absolute Gasteiger partial charge is 0.395 e. The lowest BCUT2D eigenvalue weighted by Gasteiger charge is -2.40. The maximum atomic E-state index is 12.6. The van der Waals surface area contributed by atoms with Gasteiger partial charge in [0.1, 0.15) is 5.54 Å². The molecule has 1 aliphatic heterocycles. The number of carbonyl (C=O) groups excluding carboxylic acids is 1. The molecule has 22 heavy (non-hydrogen) atoms. The van der Waals surface area contributed by atoms with Crippen LogP contribution in [0.5, 0.6) is 0 Å². The van der Waals surface area contributed by atoms with Crippen LogP contribution in [0, 0.1) is 11.3 Å². The Bertz CT molecular complexity index is 407. The molecule has 0 radical (unpaired) electrons. The molecular weight excluding hydrogens is 280 g/mol. The summed E-state index contributed by atoms with van der Waals surface area (Å²) in [4.78, 5) is 18.6. The van der Waals surface area contributed by atoms with Gasteiger partial charge < -0.3 is 10.0 Å². The number of nitriles is 1. The first-order valence-corrected chi connectivity index (χ1v) is 8.35. The zero-order valence-electron chi connectivity index (χ0n) is 13.6. The minimum Gasteiger partial charge on any atom is -0.395 e. The fourth-order valence-corrected chi connectivity index (χ4v) is 3.51. The Morgan fingerprint density at radius 2 is 1.77 bits per heavy atom. The molecule has 1 N–H and O–H groups in total. The smallest absolute Gasteiger partial charge is 0.237 e. The van der Waals surface area contributed by atoms with Gasteiger partial charge in [0.15, 0.2) is 0 Å². The molecule has 0 aromatic rings. The van der Waals surface area contributed by atoms with E-state index in [9.17, 15) is 10.1 Å². The molecule has 1 saturated heterocycles. The van der Waals surface area contributed by atoms with Gasteiger partial charge in [0, 0.05) is 39.8 Å². The van der Waals surface area contributed by atoms with Gasteiger partial charge >= 0.3 is 0 Å². The van der Waals surface area contributed by atoms with E-state index in [4.69, 9.17) is 5.11 Å². The number of likely N-dealkylation sites (N-methyl/N-ethyl adjacent to an activating group) is 1. The molecule has 1 aliphatic carbocycles. The third kappa shape index (κ3) is 3.97. The van der Waals surface area contributed by atoms with Crippen LogP contribution in [0.2, 0.25) is 0 Å². The molecule has 2 fully saturated rings. The highest BCUT2D eigenvalue weighted by molar-refractivity contribution is 5.79. The topological polar surface area (TPSA) is 70.8 Å². The molecule has 2 rings (SSSR count). The van der Waals surface area contributed by atoms with Gasteiger partial charge in [-0.05, 0) is 12.8 Å². The van der Waals surface area contributed by atoms with Crippen molar-refractivity contribution in [2.45, 2.75) is 37.6 Å². The molecule has 0 aromatic carbocycles. The van der Waals surface area contributed by atoms with E-state index in [1.807, 2.05) is 0 Å². The lowest BCUT2D eigenvalue weighted by atomic mass is 9.81. The first kappa shape index (κ1) is 17.2. The predicted octanol–water partition coefficient (Wildman–Crippen LogP) is 0.281. The Labute approximate surface area is 133 Å². The highest BCUT2D eigenvalue weighted by Gasteiger charge is 2.39. The van der Waals surface area contributed by atoms with Gasteiger partial charge in [0.2, 0.25) is 5.91 Å². The lowest BCUT2D eigenvalue weighted by molar-refractivity contribution is -0.136. The Balaban J connectivity index is 1.85. The number of piperazine rings is 1. The number of β-amino-alcohol motifs (C(OH)–C–C–N with tert-alkyl or cyclic N) is 1. The molecule has 0 atom stereocenters. The molecule has 1 amide bonds. The lowest BCUT2D eigenvalue weighted by Crippen LogP contribution is -2.55. The minimum atomic E-state index is -0.589. The minimum absolute atomic E-state index is 0.0547. The highest BCUT2D eigenvalue weighted by atomic mass is 16.3. The van der Waals surface area contributed by atoms with E-state index in [0.717, 1.165) is 58.3 Å². The number of hydrogen-bond acceptors (Lipinski definition) is 5. The number of aliphatic hydroxyl groups is 1. The van der Waals surface area contributed by atoms with Crippen molar-refractivity contribution >= 4 is 5.91 Å². The third-order valence-electron chi connectivity index (χ3n) is 5.14. The molecular formula is C16H28N4O2. The van der Waals surface area contributed by atoms with E-state index in [1.54, 1.807) is 11.9 Å². The van der Waals surface area contributed by atoms with Crippen LogP contribution in [-0.4, -0.2) is 84.2 Å². The summed E-state index contributed by atoms with van der Waals surface area (Å²) in [7, 11) is 1.79. The van der Waals surface area contributed by atoms with Gasteiger partial charge in [-0.2, -0.15) is 5.26 Å². The van der Waals surface area contributed by atoms with Crippen LogP contribution in [0.1, 0.15) is 32.1 Å². The van der Waals surface area contributed by atoms with Crippen LogP contribution in [-0.2, 0) is 4.79 Å². The first-order chi connectivity index (χ1) is 10.6. The molecule has 0 aromatic heterocycles. The average molecular weight is 308 g/mol. The summed E-state index contributed by atoms with van der Waals surface area (Å²) in [6, 6.07) is 2.41. The Morgan fingerprint density at radius 3 is 2.32 bits per heavy atom. The van der Waals surface area contributed by atoms with Crippen molar-refractivity contribution in [2.75, 3.05) is 52.9 Å². The number of aliphatic hydroxyl groups excluding tert-OH is 1. The summed E-state index contributed by atoms with van der Waals surface area (Å²) in [6.07, 6.45) is 4.83. The Kier molecular flexibility index (Phi) is 6.18. The molecule has 6 heteroatoms. The van der Waals surface area contributed by atoms with Gasteiger partial charge in [-0.3, -0.25) is 14.6 Å². The summed E-state index contributed by atoms with van der Waals surface area (Å²) in [5, 5.41) is 18.5. The number of hydrogen-bond donors (Lipinski definition) is 1. The van der Waals surface area contributed by atoms with E-state index in [2.05, 4.69) is 15.9 Å². The summed E-state index contributed by atoms with van der Waals surface area (Å²) < 4.78 is 0. The number of rotatable bonds is 5. The molecule has 2 aliphatic rings. The molecule has 124 valence electrons. The van der Waals surface area contributed by atoms with Crippen molar-refractivity contribution in [1.29, 1.82) is 5.26 Å². The number of amides is 1. The van der Waals surface area contributed by atoms with Crippen molar-refractivity contribution in [1.82, 2.24) is 14.7 Å². The first-order valence-electron chi connectivity index (χ1n) is 8.35. The van der Waals surface area contributed by atoms with E-state index >= 15 is 0 Å². The quantitative estimate of drug-likeness (QED) is 0.790. The molecule has 0 unspecified atom stereocenters. The zero-order chi connectivity index (χ0) is 16.0. The summed E-state index contributed by atoms with van der Waals surface area (Å²) in [5.74, 6) is 0.0547. The second-order valence-electron chi connectivity index (χ2n) is 6.50. The third-order valence-corrected chi connectivity index (χ3v) is 5.14. The maximum absolute atomic E-state index is 12.6. The van der Waals surface area contributed by atoms with Crippen molar-refractivity contribution in [3.63, 3.8) is 0 Å². The van der Waals surface area contributed by atoms with Crippen LogP contribution >= 0.6 is 0 Å². The second-order valence-corrected chi connectivity index (χ2v) is 6.50. The zero-order valence-corrected chi connectivity index (χ0v) is 13.6. The van der Waals surface area contributed by atoms with Crippen LogP contribution in [0.3, 0.4) is 0 Å². The van der Waals surface area contributed by atoms with Crippen molar-refractivity contribution in [3.8, 4) is 6.07 Å². The van der Waals surface area contributed by atoms with Gasteiger partial charge in [-0.15, -0.1) is 0 Å². The Morgan fingerprint density at radius 1 is 1.18 bits per heavy atom. The van der Waals surface area contributed by atoms with Gasteiger partial charge in [-0.1, -0.05) is 19.3 Å². The number of carbonyl (C=O) groups is 1. The average Bonchev–Trinajstić information content (AvgIpc) is 2.56. The molecule has 0 spiro atoms. The fraction of sp³-hybridized carbons (Fsp3) is 0.875. The van der Waals surface area contributed by atoms with Crippen LogP contribution < -0.4 is 0 Å². The Hall–Kier alpha value is -1.16. The van der Waals surface area contributed by atoms with E-state index in [-0.39, 0.29) is 12.5 Å². The molecule has 1 saturated carbocycles. The second kappa shape index (κ2) is 7.91. The van der Waals surface area contributed by atoms with E-state index < -0.39 is 5.54 Å². The standard InChI is InChI=1S/C16H28N4O2/c1-18(16(14-17)5-3-2-4-6-16)15(22)13-20-9-7-19(8-10-20)11-12-21/h21H,2-13H2,1H3. The van der Waals surface area contributed by atoms with Crippen LogP contribution in [0.4, 0.5) is 0 Å². The van der Waals surface area contributed by atoms with Crippen LogP contribution in [0.25, 0.3) is 0 Å². The molecule has 1 heterocycles. The normalized spacial score (nSPS) is 23.0.